The summed E-state index contributed by atoms with van der Waals surface area (Å²) in [6.45, 7) is -0.158. The van der Waals surface area contributed by atoms with E-state index in [2.05, 4.69) is 10.3 Å². The van der Waals surface area contributed by atoms with Gasteiger partial charge in [0.15, 0.2) is 0 Å². The Kier molecular flexibility index (Phi) is 5.60. The number of nitrogens with zero attached hydrogens (tertiary/aromatic N) is 1. The fourth-order valence-electron chi connectivity index (χ4n) is 2.56. The van der Waals surface area contributed by atoms with E-state index in [0.29, 0.717) is 10.6 Å². The lowest BCUT2D eigenvalue weighted by atomic mass is 10.2. The number of carbonyl (C=O) groups excluding carboxylic acids is 1. The predicted molar refractivity (Wildman–Crippen MR) is 101 cm³/mol. The molecule has 0 atom stereocenters. The highest BCUT2D eigenvalue weighted by Gasteiger charge is 2.30. The molecule has 29 heavy (non-hydrogen) atoms. The van der Waals surface area contributed by atoms with Crippen LogP contribution in [-0.2, 0) is 12.7 Å². The van der Waals surface area contributed by atoms with Crippen LogP contribution in [0, 0.1) is 0 Å². The van der Waals surface area contributed by atoms with E-state index in [1.54, 1.807) is 24.3 Å². The minimum Gasteiger partial charge on any atom is -0.322 e. The van der Waals surface area contributed by atoms with E-state index in [1.807, 2.05) is 0 Å². The third kappa shape index (κ3) is 4.57. The molecule has 3 aromatic rings. The number of rotatable bonds is 4. The maximum absolute atomic E-state index is 12.6. The Morgan fingerprint density at radius 1 is 1.07 bits per heavy atom. The van der Waals surface area contributed by atoms with Crippen molar-refractivity contribution in [3.63, 3.8) is 0 Å². The van der Waals surface area contributed by atoms with Gasteiger partial charge in [0.25, 0.3) is 11.5 Å². The summed E-state index contributed by atoms with van der Waals surface area (Å²) in [7, 11) is 0. The number of carbonyl (C=O) groups is 1. The molecule has 2 aromatic carbocycles. The van der Waals surface area contributed by atoms with E-state index < -0.39 is 28.9 Å². The summed E-state index contributed by atoms with van der Waals surface area (Å²) >= 11 is 6.05. The Hall–Kier alpha value is -3.33. The first-order valence-corrected chi connectivity index (χ1v) is 8.59. The molecule has 1 heterocycles. The second-order valence-electron chi connectivity index (χ2n) is 6.02. The van der Waals surface area contributed by atoms with Crippen LogP contribution in [0.15, 0.2) is 64.3 Å². The van der Waals surface area contributed by atoms with Gasteiger partial charge in [0.2, 0.25) is 0 Å². The van der Waals surface area contributed by atoms with Crippen LogP contribution < -0.4 is 16.6 Å². The van der Waals surface area contributed by atoms with Gasteiger partial charge in [-0.3, -0.25) is 14.2 Å². The van der Waals surface area contributed by atoms with Crippen molar-refractivity contribution in [3.05, 3.63) is 97.3 Å². The molecule has 0 spiro atoms. The summed E-state index contributed by atoms with van der Waals surface area (Å²) in [5, 5.41) is 2.68. The molecule has 0 saturated heterocycles. The zero-order valence-corrected chi connectivity index (χ0v) is 15.3. The first-order chi connectivity index (χ1) is 13.7. The largest absolute Gasteiger partial charge is 0.416 e. The Morgan fingerprint density at radius 2 is 1.72 bits per heavy atom. The highest BCUT2D eigenvalue weighted by Crippen LogP contribution is 2.29. The van der Waals surface area contributed by atoms with Gasteiger partial charge in [-0.1, -0.05) is 29.8 Å². The van der Waals surface area contributed by atoms with Gasteiger partial charge in [-0.2, -0.15) is 13.2 Å². The molecule has 1 aromatic heterocycles. The minimum atomic E-state index is -4.51. The Morgan fingerprint density at radius 3 is 2.34 bits per heavy atom. The second kappa shape index (κ2) is 7.96. The van der Waals surface area contributed by atoms with Gasteiger partial charge in [-0.25, -0.2) is 4.79 Å². The number of aromatic nitrogens is 2. The maximum atomic E-state index is 12.6. The Balaban J connectivity index is 1.87. The van der Waals surface area contributed by atoms with Crippen molar-refractivity contribution < 1.29 is 18.0 Å². The molecular weight excluding hydrogens is 411 g/mol. The van der Waals surface area contributed by atoms with Crippen LogP contribution in [0.3, 0.4) is 0 Å². The standard InChI is InChI=1S/C19H13ClF3N3O3/c20-15-4-2-1-3-11(15)10-26-17(28)14(9-24-18(26)29)16(27)25-13-7-5-12(6-8-13)19(21,22)23/h1-9H,10H2,(H,24,29)(H,25,27). The van der Waals surface area contributed by atoms with Crippen LogP contribution >= 0.6 is 11.6 Å². The fraction of sp³-hybridized carbons (Fsp3) is 0.105. The van der Waals surface area contributed by atoms with Gasteiger partial charge >= 0.3 is 11.9 Å². The number of nitrogens with one attached hydrogen (secondary N) is 2. The summed E-state index contributed by atoms with van der Waals surface area (Å²) in [6.07, 6.45) is -3.55. The summed E-state index contributed by atoms with van der Waals surface area (Å²) in [5.74, 6) is -0.876. The van der Waals surface area contributed by atoms with E-state index in [-0.39, 0.29) is 17.8 Å². The number of aromatic amines is 1. The molecule has 150 valence electrons. The molecule has 0 bridgehead atoms. The normalized spacial score (nSPS) is 11.3. The average Bonchev–Trinajstić information content (AvgIpc) is 2.66. The predicted octanol–water partition coefficient (Wildman–Crippen LogP) is 3.51. The topological polar surface area (TPSA) is 84.0 Å². The van der Waals surface area contributed by atoms with Crippen LogP contribution in [-0.4, -0.2) is 15.5 Å². The lowest BCUT2D eigenvalue weighted by Gasteiger charge is -2.10. The number of anilines is 1. The van der Waals surface area contributed by atoms with Crippen molar-refractivity contribution in [2.45, 2.75) is 12.7 Å². The monoisotopic (exact) mass is 423 g/mol. The van der Waals surface area contributed by atoms with Gasteiger partial charge in [0.05, 0.1) is 12.1 Å². The molecule has 3 rings (SSSR count). The summed E-state index contributed by atoms with van der Waals surface area (Å²) in [6, 6.07) is 10.3. The van der Waals surface area contributed by atoms with Crippen molar-refractivity contribution >= 4 is 23.2 Å². The molecule has 0 fully saturated rings. The van der Waals surface area contributed by atoms with Crippen molar-refractivity contribution in [2.75, 3.05) is 5.32 Å². The molecule has 1 amide bonds. The van der Waals surface area contributed by atoms with E-state index in [9.17, 15) is 27.6 Å². The van der Waals surface area contributed by atoms with E-state index in [1.165, 1.54) is 0 Å². The third-order valence-electron chi connectivity index (χ3n) is 4.06. The average molecular weight is 424 g/mol. The molecule has 6 nitrogen and oxygen atoms in total. The van der Waals surface area contributed by atoms with Crippen molar-refractivity contribution in [1.29, 1.82) is 0 Å². The third-order valence-corrected chi connectivity index (χ3v) is 4.43. The lowest BCUT2D eigenvalue weighted by molar-refractivity contribution is -0.137. The van der Waals surface area contributed by atoms with Crippen LogP contribution in [0.5, 0.6) is 0 Å². The summed E-state index contributed by atoms with van der Waals surface area (Å²) in [4.78, 5) is 39.4. The molecule has 2 N–H and O–H groups in total. The number of amides is 1. The smallest absolute Gasteiger partial charge is 0.322 e. The van der Waals surface area contributed by atoms with Crippen LogP contribution in [0.4, 0.5) is 18.9 Å². The van der Waals surface area contributed by atoms with Gasteiger partial charge in [-0.05, 0) is 35.9 Å². The molecule has 0 saturated carbocycles. The van der Waals surface area contributed by atoms with E-state index >= 15 is 0 Å². The highest BCUT2D eigenvalue weighted by atomic mass is 35.5. The van der Waals surface area contributed by atoms with Crippen molar-refractivity contribution in [2.24, 2.45) is 0 Å². The number of benzene rings is 2. The second-order valence-corrected chi connectivity index (χ2v) is 6.43. The van der Waals surface area contributed by atoms with Crippen molar-refractivity contribution in [3.8, 4) is 0 Å². The van der Waals surface area contributed by atoms with Crippen molar-refractivity contribution in [1.82, 2.24) is 9.55 Å². The lowest BCUT2D eigenvalue weighted by Crippen LogP contribution is -2.39. The number of hydrogen-bond acceptors (Lipinski definition) is 3. The Labute approximate surface area is 166 Å². The zero-order chi connectivity index (χ0) is 21.2. The molecular formula is C19H13ClF3N3O3. The minimum absolute atomic E-state index is 0.0613. The van der Waals surface area contributed by atoms with Crippen LogP contribution in [0.25, 0.3) is 0 Å². The first-order valence-electron chi connectivity index (χ1n) is 8.21. The fourth-order valence-corrected chi connectivity index (χ4v) is 2.75. The number of H-pyrrole nitrogens is 1. The maximum Gasteiger partial charge on any atom is 0.416 e. The van der Waals surface area contributed by atoms with Gasteiger partial charge in [0.1, 0.15) is 5.56 Å². The Bertz CT molecular complexity index is 1170. The van der Waals surface area contributed by atoms with Gasteiger partial charge in [0, 0.05) is 16.9 Å². The quantitative estimate of drug-likeness (QED) is 0.673. The zero-order valence-electron chi connectivity index (χ0n) is 14.6. The van der Waals surface area contributed by atoms with E-state index in [4.69, 9.17) is 11.6 Å². The molecule has 0 unspecified atom stereocenters. The molecule has 0 aliphatic heterocycles. The highest BCUT2D eigenvalue weighted by molar-refractivity contribution is 6.31. The van der Waals surface area contributed by atoms with Gasteiger partial charge in [-0.15, -0.1) is 0 Å². The molecule has 10 heteroatoms. The number of alkyl halides is 3. The van der Waals surface area contributed by atoms with Crippen LogP contribution in [0.2, 0.25) is 5.02 Å². The first kappa shape index (κ1) is 20.4. The molecule has 0 aliphatic rings. The van der Waals surface area contributed by atoms with Gasteiger partial charge < -0.3 is 10.3 Å². The number of halogens is 4. The SMILES string of the molecule is O=C(Nc1ccc(C(F)(F)F)cc1)c1c[nH]c(=O)n(Cc2ccccc2Cl)c1=O. The van der Waals surface area contributed by atoms with E-state index in [0.717, 1.165) is 35.0 Å². The number of hydrogen-bond donors (Lipinski definition) is 2. The molecule has 0 aliphatic carbocycles. The van der Waals surface area contributed by atoms with Crippen LogP contribution in [0.1, 0.15) is 21.5 Å². The summed E-state index contributed by atoms with van der Waals surface area (Å²) < 4.78 is 38.7. The summed E-state index contributed by atoms with van der Waals surface area (Å²) in [5.41, 5.74) is -2.29. The molecule has 0 radical (unpaired) electrons.